The number of halogens is 1. The fourth-order valence-electron chi connectivity index (χ4n) is 1.82. The molecule has 0 bridgehead atoms. The summed E-state index contributed by atoms with van der Waals surface area (Å²) < 4.78 is 5.23. The highest BCUT2D eigenvalue weighted by atomic mass is 35.5. The number of Topliss-reactive ketones (excluding diaryl/α,β-unsaturated/α-hetero) is 1. The van der Waals surface area contributed by atoms with Crippen LogP contribution in [0.4, 0.5) is 0 Å². The lowest BCUT2D eigenvalue weighted by atomic mass is 10.0. The van der Waals surface area contributed by atoms with Crippen molar-refractivity contribution in [1.82, 2.24) is 0 Å². The SMILES string of the molecule is CCCCC(N)C(=O)CCCCc1ccco1.Cl. The molecule has 1 heterocycles. The van der Waals surface area contributed by atoms with Crippen molar-refractivity contribution in [1.29, 1.82) is 0 Å². The molecule has 1 unspecified atom stereocenters. The molecule has 0 saturated heterocycles. The molecular weight excluding hydrogens is 250 g/mol. The summed E-state index contributed by atoms with van der Waals surface area (Å²) in [5, 5.41) is 0. The summed E-state index contributed by atoms with van der Waals surface area (Å²) in [6.45, 7) is 2.11. The minimum absolute atomic E-state index is 0. The van der Waals surface area contributed by atoms with Gasteiger partial charge in [0.05, 0.1) is 12.3 Å². The monoisotopic (exact) mass is 273 g/mol. The quantitative estimate of drug-likeness (QED) is 0.701. The van der Waals surface area contributed by atoms with Crippen molar-refractivity contribution < 1.29 is 9.21 Å². The lowest BCUT2D eigenvalue weighted by molar-refractivity contribution is -0.120. The summed E-state index contributed by atoms with van der Waals surface area (Å²) in [4.78, 5) is 11.7. The van der Waals surface area contributed by atoms with E-state index in [1.165, 1.54) is 0 Å². The van der Waals surface area contributed by atoms with Gasteiger partial charge in [-0.15, -0.1) is 12.4 Å². The molecule has 0 saturated carbocycles. The third-order valence-electron chi connectivity index (χ3n) is 2.96. The maximum absolute atomic E-state index is 11.7. The predicted molar refractivity (Wildman–Crippen MR) is 76.0 cm³/mol. The van der Waals surface area contributed by atoms with Gasteiger partial charge in [-0.05, 0) is 31.4 Å². The van der Waals surface area contributed by atoms with Crippen LogP contribution in [0.5, 0.6) is 0 Å². The lowest BCUT2D eigenvalue weighted by Gasteiger charge is -2.09. The van der Waals surface area contributed by atoms with Crippen LogP contribution < -0.4 is 5.73 Å². The Labute approximate surface area is 116 Å². The number of carbonyl (C=O) groups excluding carboxylic acids is 1. The zero-order valence-electron chi connectivity index (χ0n) is 11.1. The number of nitrogens with two attached hydrogens (primary N) is 1. The predicted octanol–water partition coefficient (Wildman–Crippen LogP) is 3.50. The van der Waals surface area contributed by atoms with Gasteiger partial charge in [-0.2, -0.15) is 0 Å². The molecule has 0 radical (unpaired) electrons. The van der Waals surface area contributed by atoms with Gasteiger partial charge in [0.1, 0.15) is 11.5 Å². The molecule has 0 spiro atoms. The van der Waals surface area contributed by atoms with Gasteiger partial charge in [0.15, 0.2) is 0 Å². The van der Waals surface area contributed by atoms with E-state index in [1.54, 1.807) is 6.26 Å². The molecule has 104 valence electrons. The number of aryl methyl sites for hydroxylation is 1. The Morgan fingerprint density at radius 1 is 1.39 bits per heavy atom. The summed E-state index contributed by atoms with van der Waals surface area (Å²) in [7, 11) is 0. The summed E-state index contributed by atoms with van der Waals surface area (Å²) in [5.74, 6) is 1.20. The zero-order chi connectivity index (χ0) is 12.5. The highest BCUT2D eigenvalue weighted by Crippen LogP contribution is 2.09. The second-order valence-corrected chi connectivity index (χ2v) is 4.50. The molecule has 0 fully saturated rings. The standard InChI is InChI=1S/C14H23NO2.ClH/c1-2-3-9-13(15)14(16)10-5-4-7-12-8-6-11-17-12;/h6,8,11,13H,2-5,7,9-10,15H2,1H3;1H. The van der Waals surface area contributed by atoms with Crippen LogP contribution in [0.2, 0.25) is 0 Å². The first kappa shape index (κ1) is 17.2. The van der Waals surface area contributed by atoms with E-state index in [0.29, 0.717) is 6.42 Å². The van der Waals surface area contributed by atoms with Crippen molar-refractivity contribution in [2.24, 2.45) is 5.73 Å². The van der Waals surface area contributed by atoms with E-state index in [1.807, 2.05) is 12.1 Å². The molecule has 0 aliphatic heterocycles. The first-order chi connectivity index (χ1) is 8.24. The smallest absolute Gasteiger partial charge is 0.149 e. The van der Waals surface area contributed by atoms with E-state index in [2.05, 4.69) is 6.92 Å². The Morgan fingerprint density at radius 3 is 2.78 bits per heavy atom. The average molecular weight is 274 g/mol. The van der Waals surface area contributed by atoms with Crippen LogP contribution in [-0.4, -0.2) is 11.8 Å². The van der Waals surface area contributed by atoms with Crippen molar-refractivity contribution in [3.8, 4) is 0 Å². The van der Waals surface area contributed by atoms with Crippen molar-refractivity contribution in [3.63, 3.8) is 0 Å². The molecule has 0 aromatic carbocycles. The summed E-state index contributed by atoms with van der Waals surface area (Å²) >= 11 is 0. The fraction of sp³-hybridized carbons (Fsp3) is 0.643. The molecule has 1 aromatic rings. The average Bonchev–Trinajstić information content (AvgIpc) is 2.84. The lowest BCUT2D eigenvalue weighted by Crippen LogP contribution is -2.30. The third-order valence-corrected chi connectivity index (χ3v) is 2.96. The molecule has 0 aliphatic rings. The topological polar surface area (TPSA) is 56.2 Å². The van der Waals surface area contributed by atoms with E-state index in [0.717, 1.165) is 44.3 Å². The number of furan rings is 1. The van der Waals surface area contributed by atoms with E-state index in [-0.39, 0.29) is 24.2 Å². The van der Waals surface area contributed by atoms with Crippen molar-refractivity contribution in [2.75, 3.05) is 0 Å². The van der Waals surface area contributed by atoms with Gasteiger partial charge < -0.3 is 10.2 Å². The Balaban J connectivity index is 0.00000289. The molecule has 18 heavy (non-hydrogen) atoms. The first-order valence-electron chi connectivity index (χ1n) is 6.54. The molecule has 4 heteroatoms. The molecule has 3 nitrogen and oxygen atoms in total. The van der Waals surface area contributed by atoms with Gasteiger partial charge in [0, 0.05) is 12.8 Å². The minimum Gasteiger partial charge on any atom is -0.469 e. The van der Waals surface area contributed by atoms with Crippen LogP contribution in [-0.2, 0) is 11.2 Å². The number of ketones is 1. The number of hydrogen-bond acceptors (Lipinski definition) is 3. The molecule has 0 amide bonds. The normalized spacial score (nSPS) is 11.9. The number of rotatable bonds is 9. The number of carbonyl (C=O) groups is 1. The molecule has 0 aliphatic carbocycles. The van der Waals surface area contributed by atoms with Crippen LogP contribution in [0, 0.1) is 0 Å². The van der Waals surface area contributed by atoms with Crippen molar-refractivity contribution in [3.05, 3.63) is 24.2 Å². The molecule has 2 N–H and O–H groups in total. The van der Waals surface area contributed by atoms with Gasteiger partial charge >= 0.3 is 0 Å². The largest absolute Gasteiger partial charge is 0.469 e. The van der Waals surface area contributed by atoms with E-state index >= 15 is 0 Å². The Morgan fingerprint density at radius 2 is 2.17 bits per heavy atom. The first-order valence-corrected chi connectivity index (χ1v) is 6.54. The van der Waals surface area contributed by atoms with Crippen molar-refractivity contribution >= 4 is 18.2 Å². The van der Waals surface area contributed by atoms with Gasteiger partial charge in [-0.3, -0.25) is 4.79 Å². The molecule has 1 aromatic heterocycles. The van der Waals surface area contributed by atoms with Gasteiger partial charge in [0.2, 0.25) is 0 Å². The summed E-state index contributed by atoms with van der Waals surface area (Å²) in [6.07, 6.45) is 8.04. The fourth-order valence-corrected chi connectivity index (χ4v) is 1.82. The van der Waals surface area contributed by atoms with Crippen LogP contribution >= 0.6 is 12.4 Å². The number of hydrogen-bond donors (Lipinski definition) is 1. The van der Waals surface area contributed by atoms with Crippen molar-refractivity contribution in [2.45, 2.75) is 57.9 Å². The van der Waals surface area contributed by atoms with Gasteiger partial charge in [-0.1, -0.05) is 19.8 Å². The van der Waals surface area contributed by atoms with E-state index < -0.39 is 0 Å². The molecule has 1 atom stereocenters. The highest BCUT2D eigenvalue weighted by molar-refractivity contribution is 5.85. The Bertz CT molecular complexity index is 312. The van der Waals surface area contributed by atoms with E-state index in [4.69, 9.17) is 10.2 Å². The number of unbranched alkanes of at least 4 members (excludes halogenated alkanes) is 2. The third kappa shape index (κ3) is 6.82. The minimum atomic E-state index is -0.251. The maximum Gasteiger partial charge on any atom is 0.149 e. The Hall–Kier alpha value is -0.800. The summed E-state index contributed by atoms with van der Waals surface area (Å²) in [6, 6.07) is 3.61. The van der Waals surface area contributed by atoms with Crippen LogP contribution in [0.3, 0.4) is 0 Å². The molecule has 1 rings (SSSR count). The Kier molecular flexibility index (Phi) is 9.70. The van der Waals surface area contributed by atoms with Gasteiger partial charge in [0.25, 0.3) is 0 Å². The summed E-state index contributed by atoms with van der Waals surface area (Å²) in [5.41, 5.74) is 5.81. The van der Waals surface area contributed by atoms with Crippen LogP contribution in [0.25, 0.3) is 0 Å². The van der Waals surface area contributed by atoms with Crippen LogP contribution in [0.15, 0.2) is 22.8 Å². The zero-order valence-corrected chi connectivity index (χ0v) is 11.9. The second-order valence-electron chi connectivity index (χ2n) is 4.50. The maximum atomic E-state index is 11.7. The second kappa shape index (κ2) is 10.2. The van der Waals surface area contributed by atoms with Gasteiger partial charge in [-0.25, -0.2) is 0 Å². The molecular formula is C14H24ClNO2. The van der Waals surface area contributed by atoms with Crippen LogP contribution in [0.1, 0.15) is 51.2 Å². The highest BCUT2D eigenvalue weighted by Gasteiger charge is 2.11. The van der Waals surface area contributed by atoms with E-state index in [9.17, 15) is 4.79 Å².